The van der Waals surface area contributed by atoms with Crippen molar-refractivity contribution in [3.8, 4) is 0 Å². The van der Waals surface area contributed by atoms with Crippen LogP contribution in [0.3, 0.4) is 0 Å². The quantitative estimate of drug-likeness (QED) is 0.162. The van der Waals surface area contributed by atoms with Crippen molar-refractivity contribution < 1.29 is 89.3 Å². The minimum absolute atomic E-state index is 0.109. The Hall–Kier alpha value is -2.44. The highest BCUT2D eigenvalue weighted by atomic mass is 19.4. The fourth-order valence-corrected chi connectivity index (χ4v) is 1.71. The second-order valence-electron chi connectivity index (χ2n) is 6.90. The molecule has 0 aliphatic carbocycles. The van der Waals surface area contributed by atoms with Crippen LogP contribution < -0.4 is 0 Å². The van der Waals surface area contributed by atoms with Crippen molar-refractivity contribution in [3.63, 3.8) is 0 Å². The molecule has 0 aromatic rings. The van der Waals surface area contributed by atoms with Crippen molar-refractivity contribution in [2.24, 2.45) is 0 Å². The molecule has 0 bridgehead atoms. The number of rotatable bonds is 10. The van der Waals surface area contributed by atoms with E-state index in [-0.39, 0.29) is 18.8 Å². The molecule has 0 rings (SSSR count). The summed E-state index contributed by atoms with van der Waals surface area (Å²) >= 11 is 0. The molecule has 0 aliphatic heterocycles. The average molecular weight is 590 g/mol. The molecule has 0 saturated heterocycles. The minimum Gasteiger partial charge on any atom is -0.492 e. The Labute approximate surface area is 195 Å². The highest BCUT2D eigenvalue weighted by molar-refractivity contribution is 5.84. The second-order valence-corrected chi connectivity index (χ2v) is 6.90. The molecule has 1 atom stereocenters. The summed E-state index contributed by atoms with van der Waals surface area (Å²) in [5, 5.41) is 7.89. The van der Waals surface area contributed by atoms with Crippen molar-refractivity contribution in [2.45, 2.75) is 74.5 Å². The highest BCUT2D eigenvalue weighted by Gasteiger charge is 2.95. The number of ether oxygens (including phenoxy) is 1. The van der Waals surface area contributed by atoms with E-state index < -0.39 is 59.7 Å². The first kappa shape index (κ1) is 36.7. The topological polar surface area (TPSA) is 46.5 Å². The number of halogens is 17. The first-order chi connectivity index (χ1) is 15.9. The Bertz CT molecular complexity index is 830. The fraction of sp³-hybridized carbons (Fsp3) is 0.706. The van der Waals surface area contributed by atoms with Crippen LogP contribution in [0.4, 0.5) is 74.6 Å². The van der Waals surface area contributed by atoms with E-state index in [1.54, 1.807) is 0 Å². The van der Waals surface area contributed by atoms with Gasteiger partial charge in [-0.25, -0.2) is 4.79 Å². The first-order valence-electron chi connectivity index (χ1n) is 8.74. The van der Waals surface area contributed by atoms with Crippen LogP contribution in [0.5, 0.6) is 0 Å². The molecule has 0 fully saturated rings. The van der Waals surface area contributed by atoms with E-state index in [4.69, 9.17) is 5.11 Å². The van der Waals surface area contributed by atoms with Crippen LogP contribution in [0.2, 0.25) is 0 Å². The zero-order valence-corrected chi connectivity index (χ0v) is 18.1. The third kappa shape index (κ3) is 6.01. The maximum atomic E-state index is 13.6. The van der Waals surface area contributed by atoms with E-state index in [0.29, 0.717) is 6.08 Å². The molecule has 0 saturated carbocycles. The zero-order chi connectivity index (χ0) is 30.9. The van der Waals surface area contributed by atoms with Crippen molar-refractivity contribution in [1.29, 1.82) is 0 Å². The first-order valence-corrected chi connectivity index (χ1v) is 8.74. The molecule has 0 aliphatic rings. The van der Waals surface area contributed by atoms with Gasteiger partial charge in [0.05, 0.1) is 6.26 Å². The maximum absolute atomic E-state index is 13.6. The zero-order valence-electron chi connectivity index (χ0n) is 18.1. The van der Waals surface area contributed by atoms with Gasteiger partial charge in [-0.3, -0.25) is 0 Å². The van der Waals surface area contributed by atoms with Gasteiger partial charge in [-0.15, -0.1) is 0 Å². The maximum Gasteiger partial charge on any atom is 0.460 e. The lowest BCUT2D eigenvalue weighted by Crippen LogP contribution is -2.75. The molecule has 1 N–H and O–H groups in total. The Morgan fingerprint density at radius 2 is 0.973 bits per heavy atom. The summed E-state index contributed by atoms with van der Waals surface area (Å²) in [4.78, 5) is 9.60. The lowest BCUT2D eigenvalue weighted by Gasteiger charge is -2.43. The molecule has 3 nitrogen and oxygen atoms in total. The molecule has 0 spiro atoms. The molecule has 220 valence electrons. The van der Waals surface area contributed by atoms with E-state index in [2.05, 4.69) is 11.3 Å². The average Bonchev–Trinajstić information content (AvgIpc) is 2.70. The summed E-state index contributed by atoms with van der Waals surface area (Å²) < 4.78 is 225. The summed E-state index contributed by atoms with van der Waals surface area (Å²) in [6, 6.07) is 0. The van der Waals surface area contributed by atoms with Gasteiger partial charge in [-0.2, -0.15) is 74.6 Å². The van der Waals surface area contributed by atoms with Crippen molar-refractivity contribution in [1.82, 2.24) is 0 Å². The van der Waals surface area contributed by atoms with Gasteiger partial charge in [0.1, 0.15) is 0 Å². The number of carboxylic acids is 1. The largest absolute Gasteiger partial charge is 0.492 e. The molecule has 0 amide bonds. The molecule has 20 heteroatoms. The second kappa shape index (κ2) is 10.7. The van der Waals surface area contributed by atoms with E-state index >= 15 is 0 Å². The van der Waals surface area contributed by atoms with E-state index in [1.165, 1.54) is 6.92 Å². The normalized spacial score (nSPS) is 15.7. The molecule has 0 heterocycles. The minimum atomic E-state index is -8.63. The molecule has 0 radical (unpaired) electrons. The number of hydrogen-bond acceptors (Lipinski definition) is 2. The molecule has 37 heavy (non-hydrogen) atoms. The van der Waals surface area contributed by atoms with Crippen LogP contribution in [-0.4, -0.2) is 64.8 Å². The van der Waals surface area contributed by atoms with E-state index in [9.17, 15) is 79.4 Å². The summed E-state index contributed by atoms with van der Waals surface area (Å²) in [6.07, 6.45) is -10.5. The van der Waals surface area contributed by atoms with Crippen LogP contribution in [-0.2, 0) is 9.53 Å². The fourth-order valence-electron chi connectivity index (χ4n) is 1.71. The Kier molecular flexibility index (Phi) is 10.7. The highest BCUT2D eigenvalue weighted by Crippen LogP contribution is 2.64. The molecule has 1 unspecified atom stereocenters. The Morgan fingerprint density at radius 1 is 0.703 bits per heavy atom. The number of carboxylic acid groups (broad SMARTS) is 1. The number of aliphatic carboxylic acids is 1. The summed E-state index contributed by atoms with van der Waals surface area (Å²) in [6.45, 7) is 5.38. The molecule has 0 aromatic carbocycles. The van der Waals surface area contributed by atoms with Gasteiger partial charge in [0.25, 0.3) is 0 Å². The van der Waals surface area contributed by atoms with Crippen molar-refractivity contribution in [2.75, 3.05) is 0 Å². The predicted molar refractivity (Wildman–Crippen MR) is 88.5 cm³/mol. The summed E-state index contributed by atoms with van der Waals surface area (Å²) in [7, 11) is 0. The van der Waals surface area contributed by atoms with Crippen LogP contribution in [0.1, 0.15) is 20.8 Å². The Balaban J connectivity index is 0. The number of carbonyl (C=O) groups is 1. The van der Waals surface area contributed by atoms with Crippen LogP contribution >= 0.6 is 0 Å². The van der Waals surface area contributed by atoms with Crippen LogP contribution in [0.15, 0.2) is 24.5 Å². The monoisotopic (exact) mass is 590 g/mol. The lowest BCUT2D eigenvalue weighted by atomic mass is 9.88. The van der Waals surface area contributed by atoms with Crippen LogP contribution in [0, 0.1) is 0 Å². The van der Waals surface area contributed by atoms with Crippen molar-refractivity contribution >= 4 is 5.97 Å². The van der Waals surface area contributed by atoms with Gasteiger partial charge >= 0.3 is 53.6 Å². The third-order valence-electron chi connectivity index (χ3n) is 4.04. The SMILES string of the molecule is C=C(C)C(=O)O.CC=COC(C)C(F)(F)C(F)(F)C(F)(F)C(F)(F)C(F)(F)C(F)(F)C(F)(F)C(F)(F)F. The van der Waals surface area contributed by atoms with Gasteiger partial charge in [0, 0.05) is 5.57 Å². The number of allylic oxidation sites excluding steroid dienone is 1. The third-order valence-corrected chi connectivity index (χ3v) is 4.04. The van der Waals surface area contributed by atoms with E-state index in [0.717, 1.165) is 6.92 Å². The van der Waals surface area contributed by atoms with Gasteiger partial charge < -0.3 is 9.84 Å². The summed E-state index contributed by atoms with van der Waals surface area (Å²) in [5.41, 5.74) is 0.176. The Morgan fingerprint density at radius 3 is 1.22 bits per heavy atom. The summed E-state index contributed by atoms with van der Waals surface area (Å²) in [5.74, 6) is -57.4. The smallest absolute Gasteiger partial charge is 0.460 e. The molecule has 0 aromatic heterocycles. The molecular formula is C17H15F17O3. The van der Waals surface area contributed by atoms with Gasteiger partial charge in [-0.1, -0.05) is 12.7 Å². The van der Waals surface area contributed by atoms with Gasteiger partial charge in [-0.05, 0) is 20.8 Å². The molecular weight excluding hydrogens is 575 g/mol. The number of hydrogen-bond donors (Lipinski definition) is 1. The number of alkyl halides is 17. The van der Waals surface area contributed by atoms with Crippen LogP contribution in [0.25, 0.3) is 0 Å². The van der Waals surface area contributed by atoms with E-state index in [1.807, 2.05) is 0 Å². The van der Waals surface area contributed by atoms with Gasteiger partial charge in [0.15, 0.2) is 6.10 Å². The lowest BCUT2D eigenvalue weighted by molar-refractivity contribution is -0.463. The standard InChI is InChI=1S/C13H9F17O.C4H6O2/c1-3-4-31-5(2)6(14,15)7(16,17)8(18,19)9(20,21)10(22,23)11(24,25)12(26,27)13(28,29)30;1-3(2)4(5)6/h3-5H,1-2H3;1H2,2H3,(H,5,6). The van der Waals surface area contributed by atoms with Gasteiger partial charge in [0.2, 0.25) is 0 Å². The van der Waals surface area contributed by atoms with Crippen molar-refractivity contribution in [3.05, 3.63) is 24.5 Å². The predicted octanol–water partition coefficient (Wildman–Crippen LogP) is 7.58.